The number of quaternary nitrogens is 1. The molecule has 3 aromatic rings. The number of fused-ring (bicyclic) bond motifs is 6. The van der Waals surface area contributed by atoms with Crippen LogP contribution in [0.3, 0.4) is 0 Å². The van der Waals surface area contributed by atoms with E-state index in [1.54, 1.807) is 0 Å². The number of carbonyl (C=O) groups is 2. The molecule has 0 atom stereocenters. The number of rotatable bonds is 8. The molecule has 306 valence electrons. The first-order valence-corrected chi connectivity index (χ1v) is 18.8. The van der Waals surface area contributed by atoms with Crippen molar-refractivity contribution in [3.63, 3.8) is 0 Å². The first-order chi connectivity index (χ1) is 26.0. The van der Waals surface area contributed by atoms with Gasteiger partial charge in [0.15, 0.2) is 28.7 Å². The lowest BCUT2D eigenvalue weighted by Gasteiger charge is -2.37. The van der Waals surface area contributed by atoms with Gasteiger partial charge in [-0.1, -0.05) is 6.07 Å². The maximum absolute atomic E-state index is 15.9. The number of esters is 1. The minimum atomic E-state index is -6.83. The molecule has 1 amide bonds. The summed E-state index contributed by atoms with van der Waals surface area (Å²) < 4.78 is 210. The van der Waals surface area contributed by atoms with Crippen molar-refractivity contribution in [3.8, 4) is 23.0 Å². The monoisotopic (exact) mass is 875 g/mol. The third kappa shape index (κ3) is 7.36. The van der Waals surface area contributed by atoms with E-state index in [1.807, 2.05) is 0 Å². The van der Waals surface area contributed by atoms with Crippen LogP contribution >= 0.6 is 11.6 Å². The Morgan fingerprint density at radius 2 is 1.30 bits per heavy atom. The molecule has 1 fully saturated rings. The number of hydrogen-bond acceptors (Lipinski definition) is 11. The van der Waals surface area contributed by atoms with Gasteiger partial charge in [0.05, 0.1) is 43.0 Å². The summed E-state index contributed by atoms with van der Waals surface area (Å²) >= 11 is 4.64. The van der Waals surface area contributed by atoms with Gasteiger partial charge in [0, 0.05) is 17.5 Å². The van der Waals surface area contributed by atoms with Gasteiger partial charge in [-0.25, -0.2) is 13.6 Å². The zero-order chi connectivity index (χ0) is 41.8. The molecule has 0 radical (unpaired) electrons. The SMILES string of the molecule is CCl.O=C(NCC[NH+]1CCOCC1)c1ccc2c(c1)C(=O)OC21c2cc(F)c(OS(=O)(=O)C(F)(F)F)c(F)c2Oc2c1cc(F)c(OS(=O)(=O)C(F)(F)F)c2F. The Bertz CT molecular complexity index is 2210. The van der Waals surface area contributed by atoms with E-state index in [0.717, 1.165) is 23.1 Å². The number of benzene rings is 3. The molecule has 3 aliphatic rings. The number of carbonyl (C=O) groups excluding carboxylic acids is 2. The standard InChI is InChI=1S/C29H18F10N2O11S2.CH3Cl/c30-17-10-15-21(19(32)23(17)51-53(44,45)28(34,35)36)49-22-16(11-18(31)24(20(22)33)52-54(46,47)29(37,38)39)27(15)14-2-1-12(9-13(14)26(43)50-27)25(42)40-3-4-41-5-7-48-8-6-41;1-2/h1-2,9-11H,3-8H2,(H,40,42);1H3/p+1. The molecule has 0 bridgehead atoms. The summed E-state index contributed by atoms with van der Waals surface area (Å²) in [5.74, 6) is -19.8. The Balaban J connectivity index is 0.00000295. The molecule has 3 aliphatic heterocycles. The molecule has 2 N–H and O–H groups in total. The van der Waals surface area contributed by atoms with Crippen LogP contribution in [0.5, 0.6) is 23.0 Å². The Labute approximate surface area is 313 Å². The topological polar surface area (TPSA) is 165 Å². The van der Waals surface area contributed by atoms with Gasteiger partial charge >= 0.3 is 37.2 Å². The second kappa shape index (κ2) is 15.1. The highest BCUT2D eigenvalue weighted by atomic mass is 35.5. The second-order valence-electron chi connectivity index (χ2n) is 11.5. The summed E-state index contributed by atoms with van der Waals surface area (Å²) in [6.45, 7) is 2.93. The van der Waals surface area contributed by atoms with E-state index in [1.165, 1.54) is 6.38 Å². The molecule has 0 aromatic heterocycles. The summed E-state index contributed by atoms with van der Waals surface area (Å²) in [5, 5.41) is 2.60. The van der Waals surface area contributed by atoms with Crippen molar-refractivity contribution >= 4 is 43.7 Å². The molecule has 6 rings (SSSR count). The number of halogens is 11. The van der Waals surface area contributed by atoms with Crippen LogP contribution in [0.1, 0.15) is 37.4 Å². The molecule has 13 nitrogen and oxygen atoms in total. The van der Waals surface area contributed by atoms with Crippen molar-refractivity contribution in [1.29, 1.82) is 0 Å². The summed E-state index contributed by atoms with van der Waals surface area (Å²) in [6.07, 6.45) is 1.47. The zero-order valence-corrected chi connectivity index (χ0v) is 30.0. The molecule has 0 unspecified atom stereocenters. The van der Waals surface area contributed by atoms with Gasteiger partial charge in [-0.05, 0) is 24.3 Å². The van der Waals surface area contributed by atoms with Gasteiger partial charge in [-0.3, -0.25) is 4.79 Å². The molecule has 0 saturated carbocycles. The van der Waals surface area contributed by atoms with Crippen LogP contribution in [0.25, 0.3) is 0 Å². The lowest BCUT2D eigenvalue weighted by atomic mass is 9.77. The highest BCUT2D eigenvalue weighted by Crippen LogP contribution is 2.59. The fourth-order valence-electron chi connectivity index (χ4n) is 5.78. The minimum Gasteiger partial charge on any atom is -0.450 e. The molecule has 0 aliphatic carbocycles. The van der Waals surface area contributed by atoms with Crippen LogP contribution in [0.15, 0.2) is 30.3 Å². The van der Waals surface area contributed by atoms with Crippen LogP contribution in [-0.4, -0.2) is 85.5 Å². The van der Waals surface area contributed by atoms with E-state index in [4.69, 9.17) is 14.2 Å². The first-order valence-electron chi connectivity index (χ1n) is 15.2. The van der Waals surface area contributed by atoms with E-state index in [9.17, 15) is 52.8 Å². The predicted octanol–water partition coefficient (Wildman–Crippen LogP) is 3.77. The highest BCUT2D eigenvalue weighted by molar-refractivity contribution is 7.88. The van der Waals surface area contributed by atoms with Crippen LogP contribution in [-0.2, 0) is 35.3 Å². The summed E-state index contributed by atoms with van der Waals surface area (Å²) in [6, 6.07) is 2.80. The van der Waals surface area contributed by atoms with Crippen molar-refractivity contribution < 1.29 is 97.8 Å². The fourth-order valence-corrected chi connectivity index (χ4v) is 6.71. The summed E-state index contributed by atoms with van der Waals surface area (Å²) in [7, 11) is -13.7. The van der Waals surface area contributed by atoms with E-state index in [0.29, 0.717) is 32.8 Å². The predicted molar refractivity (Wildman–Crippen MR) is 166 cm³/mol. The molecule has 3 aromatic carbocycles. The molecular weight excluding hydrogens is 854 g/mol. The Hall–Kier alpha value is -4.59. The van der Waals surface area contributed by atoms with Crippen molar-refractivity contribution in [3.05, 3.63) is 81.4 Å². The van der Waals surface area contributed by atoms with Gasteiger partial charge in [-0.15, -0.1) is 11.6 Å². The van der Waals surface area contributed by atoms with E-state index < -0.39 is 117 Å². The Kier molecular flexibility index (Phi) is 11.4. The highest BCUT2D eigenvalue weighted by Gasteiger charge is 2.58. The average molecular weight is 876 g/mol. The molecular formula is C30H22ClF10N2O11S2+. The van der Waals surface area contributed by atoms with E-state index >= 15 is 17.6 Å². The van der Waals surface area contributed by atoms with Gasteiger partial charge in [-0.2, -0.15) is 52.0 Å². The minimum absolute atomic E-state index is 0.00782. The van der Waals surface area contributed by atoms with Crippen molar-refractivity contribution in [2.45, 2.75) is 16.6 Å². The Morgan fingerprint density at radius 3 is 1.77 bits per heavy atom. The number of morpholine rings is 1. The fraction of sp³-hybridized carbons (Fsp3) is 0.333. The molecule has 3 heterocycles. The molecule has 1 spiro atoms. The van der Waals surface area contributed by atoms with Crippen molar-refractivity contribution in [2.75, 3.05) is 45.8 Å². The van der Waals surface area contributed by atoms with Crippen LogP contribution in [0.2, 0.25) is 0 Å². The summed E-state index contributed by atoms with van der Waals surface area (Å²) in [5.41, 5.74) is -19.3. The van der Waals surface area contributed by atoms with Crippen molar-refractivity contribution in [2.24, 2.45) is 0 Å². The maximum Gasteiger partial charge on any atom is 0.534 e. The van der Waals surface area contributed by atoms with Gasteiger partial charge in [0.1, 0.15) is 13.1 Å². The number of alkyl halides is 7. The van der Waals surface area contributed by atoms with E-state index in [-0.39, 0.29) is 24.2 Å². The van der Waals surface area contributed by atoms with Gasteiger partial charge < -0.3 is 32.8 Å². The quantitative estimate of drug-likeness (QED) is 0.111. The molecule has 26 heteroatoms. The molecule has 56 heavy (non-hydrogen) atoms. The largest absolute Gasteiger partial charge is 0.534 e. The smallest absolute Gasteiger partial charge is 0.450 e. The lowest BCUT2D eigenvalue weighted by Crippen LogP contribution is -3.14. The van der Waals surface area contributed by atoms with Gasteiger partial charge in [0.2, 0.25) is 23.1 Å². The number of ether oxygens (including phenoxy) is 3. The van der Waals surface area contributed by atoms with Crippen LogP contribution < -0.4 is 23.3 Å². The lowest BCUT2D eigenvalue weighted by molar-refractivity contribution is -0.906. The van der Waals surface area contributed by atoms with Crippen molar-refractivity contribution in [1.82, 2.24) is 5.32 Å². The average Bonchev–Trinajstić information content (AvgIpc) is 3.41. The zero-order valence-electron chi connectivity index (χ0n) is 27.6. The maximum atomic E-state index is 15.9. The first kappa shape index (κ1) is 42.6. The molecule has 1 saturated heterocycles. The van der Waals surface area contributed by atoms with Crippen LogP contribution in [0, 0.1) is 23.3 Å². The summed E-state index contributed by atoms with van der Waals surface area (Å²) in [4.78, 5) is 27.5. The second-order valence-corrected chi connectivity index (χ2v) is 14.6. The van der Waals surface area contributed by atoms with E-state index in [2.05, 4.69) is 25.3 Å². The number of hydrogen-bond donors (Lipinski definition) is 2. The Morgan fingerprint density at radius 1 is 0.821 bits per heavy atom. The number of amides is 1. The van der Waals surface area contributed by atoms with Crippen LogP contribution in [0.4, 0.5) is 43.9 Å². The third-order valence-electron chi connectivity index (χ3n) is 8.27. The normalized spacial score (nSPS) is 16.4. The third-order valence-corrected chi connectivity index (χ3v) is 10.2. The number of nitrogens with one attached hydrogen (secondary N) is 2. The van der Waals surface area contributed by atoms with Gasteiger partial charge in [0.25, 0.3) is 5.91 Å².